The molecule has 1 aliphatic heterocycles. The Morgan fingerprint density at radius 2 is 2.19 bits per heavy atom. The zero-order chi connectivity index (χ0) is 18.8. The number of fused-ring (bicyclic) bond motifs is 1. The number of hydrogen-bond donors (Lipinski definition) is 2. The first-order valence-electron chi connectivity index (χ1n) is 9.04. The molecule has 2 N–H and O–H groups in total. The number of nitrogens with one attached hydrogen (secondary N) is 1. The molecule has 7 nitrogen and oxygen atoms in total. The summed E-state index contributed by atoms with van der Waals surface area (Å²) in [5.74, 6) is 0.00814. The number of benzene rings is 1. The summed E-state index contributed by atoms with van der Waals surface area (Å²) < 4.78 is 2.88. The minimum absolute atomic E-state index is 0.00814. The van der Waals surface area contributed by atoms with Crippen molar-refractivity contribution >= 4 is 10.9 Å². The van der Waals surface area contributed by atoms with Gasteiger partial charge in [-0.05, 0) is 31.5 Å². The molecule has 0 aliphatic carbocycles. The van der Waals surface area contributed by atoms with Crippen molar-refractivity contribution in [2.24, 2.45) is 0 Å². The number of rotatable bonds is 5. The van der Waals surface area contributed by atoms with Gasteiger partial charge in [-0.25, -0.2) is 9.36 Å². The summed E-state index contributed by atoms with van der Waals surface area (Å²) in [6.45, 7) is 10.5. The van der Waals surface area contributed by atoms with Gasteiger partial charge in [0.1, 0.15) is 5.75 Å². The monoisotopic (exact) mass is 358 g/mol. The second kappa shape index (κ2) is 7.47. The van der Waals surface area contributed by atoms with E-state index >= 15 is 0 Å². The Hall–Kier alpha value is -2.38. The van der Waals surface area contributed by atoms with E-state index in [-0.39, 0.29) is 23.2 Å². The third-order valence-corrected chi connectivity index (χ3v) is 4.95. The van der Waals surface area contributed by atoms with E-state index in [2.05, 4.69) is 23.7 Å². The first-order valence-corrected chi connectivity index (χ1v) is 9.04. The predicted molar refractivity (Wildman–Crippen MR) is 103 cm³/mol. The second-order valence-corrected chi connectivity index (χ2v) is 6.80. The lowest BCUT2D eigenvalue weighted by Gasteiger charge is -2.38. The smallest absolute Gasteiger partial charge is 0.333 e. The van der Waals surface area contributed by atoms with Gasteiger partial charge in [0.15, 0.2) is 0 Å². The van der Waals surface area contributed by atoms with Crippen molar-refractivity contribution in [2.75, 3.05) is 19.6 Å². The molecule has 2 heterocycles. The minimum Gasteiger partial charge on any atom is -0.508 e. The summed E-state index contributed by atoms with van der Waals surface area (Å²) in [7, 11) is 0. The molecule has 0 spiro atoms. The highest BCUT2D eigenvalue weighted by molar-refractivity contribution is 5.79. The van der Waals surface area contributed by atoms with Gasteiger partial charge in [-0.3, -0.25) is 14.3 Å². The number of phenolic OH excluding ortho intramolecular Hbond substituents is 1. The van der Waals surface area contributed by atoms with Crippen molar-refractivity contribution in [1.29, 1.82) is 0 Å². The average Bonchev–Trinajstić information content (AvgIpc) is 2.62. The third-order valence-electron chi connectivity index (χ3n) is 4.95. The zero-order valence-corrected chi connectivity index (χ0v) is 15.3. The fourth-order valence-corrected chi connectivity index (χ4v) is 3.79. The minimum atomic E-state index is -0.362. The van der Waals surface area contributed by atoms with Crippen LogP contribution in [-0.4, -0.2) is 44.8 Å². The van der Waals surface area contributed by atoms with Gasteiger partial charge in [-0.1, -0.05) is 13.0 Å². The molecule has 0 amide bonds. The van der Waals surface area contributed by atoms with Crippen LogP contribution in [0.3, 0.4) is 0 Å². The second-order valence-electron chi connectivity index (χ2n) is 6.80. The molecule has 0 bridgehead atoms. The van der Waals surface area contributed by atoms with Crippen LogP contribution in [-0.2, 0) is 6.54 Å². The van der Waals surface area contributed by atoms with E-state index in [0.717, 1.165) is 19.6 Å². The maximum absolute atomic E-state index is 13.2. The number of allylic oxidation sites excluding steroid dienone is 1. The van der Waals surface area contributed by atoms with Crippen LogP contribution in [0.2, 0.25) is 0 Å². The third kappa shape index (κ3) is 3.20. The maximum Gasteiger partial charge on any atom is 0.333 e. The molecule has 0 saturated carbocycles. The molecule has 1 saturated heterocycles. The van der Waals surface area contributed by atoms with Gasteiger partial charge in [0.05, 0.1) is 17.1 Å². The van der Waals surface area contributed by atoms with Crippen molar-refractivity contribution < 1.29 is 5.11 Å². The van der Waals surface area contributed by atoms with Crippen LogP contribution in [0.15, 0.2) is 40.4 Å². The molecule has 7 heteroatoms. The first-order chi connectivity index (χ1) is 12.5. The van der Waals surface area contributed by atoms with Gasteiger partial charge < -0.3 is 10.4 Å². The Morgan fingerprint density at radius 1 is 1.42 bits per heavy atom. The Balaban J connectivity index is 2.25. The fourth-order valence-electron chi connectivity index (χ4n) is 3.79. The Bertz CT molecular complexity index is 931. The lowest BCUT2D eigenvalue weighted by molar-refractivity contribution is 0.0926. The fraction of sp³-hybridized carbons (Fsp3) is 0.474. The maximum atomic E-state index is 13.2. The van der Waals surface area contributed by atoms with Crippen molar-refractivity contribution in [3.05, 3.63) is 51.7 Å². The van der Waals surface area contributed by atoms with Crippen molar-refractivity contribution in [3.8, 4) is 5.75 Å². The molecule has 2 aromatic rings. The summed E-state index contributed by atoms with van der Waals surface area (Å²) in [4.78, 5) is 28.5. The molecule has 1 aliphatic rings. The highest BCUT2D eigenvalue weighted by atomic mass is 16.3. The molecule has 1 aromatic carbocycles. The van der Waals surface area contributed by atoms with Gasteiger partial charge in [0.2, 0.25) is 0 Å². The van der Waals surface area contributed by atoms with Crippen molar-refractivity contribution in [1.82, 2.24) is 19.4 Å². The molecule has 3 rings (SSSR count). The SMILES string of the molecule is C=CCn1c(=O)n(C(CC)N2CCNC(C)C2)c(=O)c2cc(O)ccc21. The largest absolute Gasteiger partial charge is 0.508 e. The summed E-state index contributed by atoms with van der Waals surface area (Å²) in [6, 6.07) is 4.82. The van der Waals surface area contributed by atoms with E-state index in [1.165, 1.54) is 21.3 Å². The van der Waals surface area contributed by atoms with Crippen LogP contribution in [0.5, 0.6) is 5.75 Å². The molecule has 2 unspecified atom stereocenters. The highest BCUT2D eigenvalue weighted by Gasteiger charge is 2.27. The van der Waals surface area contributed by atoms with Crippen molar-refractivity contribution in [2.45, 2.75) is 39.0 Å². The Morgan fingerprint density at radius 3 is 2.85 bits per heavy atom. The van der Waals surface area contributed by atoms with E-state index in [9.17, 15) is 14.7 Å². The zero-order valence-electron chi connectivity index (χ0n) is 15.3. The van der Waals surface area contributed by atoms with Gasteiger partial charge in [-0.15, -0.1) is 6.58 Å². The molecule has 1 aromatic heterocycles. The van der Waals surface area contributed by atoms with Crippen LogP contribution in [0.1, 0.15) is 26.4 Å². The van der Waals surface area contributed by atoms with E-state index in [1.54, 1.807) is 12.1 Å². The van der Waals surface area contributed by atoms with Crippen LogP contribution >= 0.6 is 0 Å². The van der Waals surface area contributed by atoms with Gasteiger partial charge in [0.25, 0.3) is 5.56 Å². The summed E-state index contributed by atoms with van der Waals surface area (Å²) in [6.07, 6.45) is 1.96. The van der Waals surface area contributed by atoms with E-state index < -0.39 is 0 Å². The van der Waals surface area contributed by atoms with Crippen LogP contribution < -0.4 is 16.6 Å². The first kappa shape index (κ1) is 18.4. The number of nitrogens with zero attached hydrogens (tertiary/aromatic N) is 3. The van der Waals surface area contributed by atoms with Gasteiger partial charge in [-0.2, -0.15) is 0 Å². The van der Waals surface area contributed by atoms with Crippen LogP contribution in [0.25, 0.3) is 10.9 Å². The van der Waals surface area contributed by atoms with E-state index in [4.69, 9.17) is 0 Å². The van der Waals surface area contributed by atoms with E-state index in [1.807, 2.05) is 6.92 Å². The lowest BCUT2D eigenvalue weighted by Crippen LogP contribution is -2.55. The number of aromatic nitrogens is 2. The summed E-state index contributed by atoms with van der Waals surface area (Å²) in [5.41, 5.74) is -0.192. The molecule has 2 atom stereocenters. The quantitative estimate of drug-likeness (QED) is 0.787. The molecule has 26 heavy (non-hydrogen) atoms. The summed E-state index contributed by atoms with van der Waals surface area (Å²) >= 11 is 0. The number of piperazine rings is 1. The van der Waals surface area contributed by atoms with Crippen LogP contribution in [0, 0.1) is 0 Å². The predicted octanol–water partition coefficient (Wildman–Crippen LogP) is 1.26. The van der Waals surface area contributed by atoms with Crippen molar-refractivity contribution in [3.63, 3.8) is 0 Å². The average molecular weight is 358 g/mol. The topological polar surface area (TPSA) is 79.5 Å². The lowest BCUT2D eigenvalue weighted by atomic mass is 10.2. The molecule has 0 radical (unpaired) electrons. The number of aromatic hydroxyl groups is 1. The number of hydrogen-bond acceptors (Lipinski definition) is 5. The highest BCUT2D eigenvalue weighted by Crippen LogP contribution is 2.20. The molecular formula is C19H26N4O3. The van der Waals surface area contributed by atoms with Crippen LogP contribution in [0.4, 0.5) is 0 Å². The molecular weight excluding hydrogens is 332 g/mol. The van der Waals surface area contributed by atoms with E-state index in [0.29, 0.717) is 29.9 Å². The Kier molecular flexibility index (Phi) is 5.29. The molecule has 140 valence electrons. The standard InChI is InChI=1S/C19H26N4O3/c1-4-9-22-16-7-6-14(24)11-15(16)18(25)23(19(22)26)17(5-2)21-10-8-20-13(3)12-21/h4,6-7,11,13,17,20,24H,1,5,8-10,12H2,2-3H3. The molecule has 1 fully saturated rings. The Labute approximate surface area is 152 Å². The number of phenols is 1. The normalized spacial score (nSPS) is 19.5. The van der Waals surface area contributed by atoms with Gasteiger partial charge >= 0.3 is 5.69 Å². The van der Waals surface area contributed by atoms with Gasteiger partial charge in [0, 0.05) is 32.2 Å². The summed E-state index contributed by atoms with van der Waals surface area (Å²) in [5, 5.41) is 13.6.